The average molecular weight is 522 g/mol. The minimum absolute atomic E-state index is 0. The van der Waals surface area contributed by atoms with Crippen molar-refractivity contribution in [1.29, 1.82) is 0 Å². The van der Waals surface area contributed by atoms with E-state index in [1.54, 1.807) is 0 Å². The molecule has 123 valence electrons. The molecule has 0 bridgehead atoms. The predicted octanol–water partition coefficient (Wildman–Crippen LogP) is 6.47. The van der Waals surface area contributed by atoms with Gasteiger partial charge < -0.3 is 0 Å². The van der Waals surface area contributed by atoms with E-state index in [-0.39, 0.29) is 39.6 Å². The molecule has 2 heteroatoms. The third-order valence-corrected chi connectivity index (χ3v) is 2.82. The van der Waals surface area contributed by atoms with Crippen molar-refractivity contribution in [2.75, 3.05) is 0 Å². The molecule has 0 saturated heterocycles. The predicted molar refractivity (Wildman–Crippen MR) is 96.5 cm³/mol. The molecule has 3 aromatic rings. The fourth-order valence-corrected chi connectivity index (χ4v) is 1.92. The van der Waals surface area contributed by atoms with Crippen LogP contribution in [-0.4, -0.2) is 0 Å². The van der Waals surface area contributed by atoms with Crippen LogP contribution in [0.2, 0.25) is 0 Å². The van der Waals surface area contributed by atoms with E-state index >= 15 is 0 Å². The van der Waals surface area contributed by atoms with Crippen molar-refractivity contribution in [3.05, 3.63) is 84.9 Å². The van der Waals surface area contributed by atoms with Gasteiger partial charge in [-0.2, -0.15) is 12.1 Å². The molecule has 0 nitrogen and oxygen atoms in total. The summed E-state index contributed by atoms with van der Waals surface area (Å²) in [6.07, 6.45) is 0. The van der Waals surface area contributed by atoms with Gasteiger partial charge in [-0.3, -0.25) is 24.3 Å². The molecule has 0 atom stereocenters. The summed E-state index contributed by atoms with van der Waals surface area (Å²) < 4.78 is 0. The summed E-state index contributed by atoms with van der Waals surface area (Å²) >= 11 is 0. The molecule has 0 fully saturated rings. The molecule has 0 N–H and O–H groups in total. The van der Waals surface area contributed by atoms with Gasteiger partial charge in [-0.25, -0.2) is 17.2 Å². The molecule has 1 radical (unpaired) electrons. The Morgan fingerprint density at radius 1 is 0.667 bits per heavy atom. The van der Waals surface area contributed by atoms with Crippen LogP contribution >= 0.6 is 0 Å². The van der Waals surface area contributed by atoms with Crippen molar-refractivity contribution in [2.45, 2.75) is 27.7 Å². The van der Waals surface area contributed by atoms with Gasteiger partial charge in [0, 0.05) is 21.1 Å². The maximum Gasteiger partial charge on any atom is 2.00 e. The molecule has 0 aliphatic carbocycles. The summed E-state index contributed by atoms with van der Waals surface area (Å²) in [6, 6.07) is 31.8. The number of hydrogen-bond donors (Lipinski definition) is 0. The average Bonchev–Trinajstić information content (AvgIpc) is 2.67. The van der Waals surface area contributed by atoms with Crippen LogP contribution in [-0.2, 0) is 39.6 Å². The van der Waals surface area contributed by atoms with Crippen molar-refractivity contribution in [3.63, 3.8) is 0 Å². The van der Waals surface area contributed by atoms with Crippen LogP contribution in [0.4, 0.5) is 0 Å². The molecular formula is C22H23VW-. The van der Waals surface area contributed by atoms with Gasteiger partial charge in [-0.15, -0.1) is 17.7 Å². The molecule has 0 aromatic heterocycles. The normalized spacial score (nSPS) is 8.17. The molecule has 0 amide bonds. The van der Waals surface area contributed by atoms with Gasteiger partial charge in [0.2, 0.25) is 0 Å². The van der Waals surface area contributed by atoms with Crippen molar-refractivity contribution in [1.82, 2.24) is 0 Å². The number of hydrogen-bond acceptors (Lipinski definition) is 0. The first-order chi connectivity index (χ1) is 10.9. The van der Waals surface area contributed by atoms with Crippen LogP contribution in [0.25, 0.3) is 22.3 Å². The minimum atomic E-state index is 0. The monoisotopic (exact) mass is 522 g/mol. The second-order valence-electron chi connectivity index (χ2n) is 4.05. The second-order valence-corrected chi connectivity index (χ2v) is 4.05. The Morgan fingerprint density at radius 2 is 1.29 bits per heavy atom. The first-order valence-electron chi connectivity index (χ1n) is 7.89. The SMILES string of the molecule is CC.CC.[V+2].[W].[c-]1cc[c-]c(-c2[c-]c(-c3ccccc3)ccc2)c1. The first kappa shape index (κ1) is 25.2. The Hall–Kier alpha value is -1.07. The largest absolute Gasteiger partial charge is 2.00 e. The van der Waals surface area contributed by atoms with Gasteiger partial charge in [-0.1, -0.05) is 63.6 Å². The molecule has 0 saturated carbocycles. The fourth-order valence-electron chi connectivity index (χ4n) is 1.92. The van der Waals surface area contributed by atoms with Crippen LogP contribution in [0.15, 0.2) is 66.7 Å². The van der Waals surface area contributed by atoms with E-state index in [4.69, 9.17) is 0 Å². The molecule has 24 heavy (non-hydrogen) atoms. The summed E-state index contributed by atoms with van der Waals surface area (Å²) in [4.78, 5) is 0. The molecule has 0 heterocycles. The molecular weight excluding hydrogens is 499 g/mol. The second kappa shape index (κ2) is 15.5. The first-order valence-corrected chi connectivity index (χ1v) is 7.89. The van der Waals surface area contributed by atoms with E-state index in [2.05, 4.69) is 42.5 Å². The Morgan fingerprint density at radius 3 is 1.88 bits per heavy atom. The number of rotatable bonds is 2. The summed E-state index contributed by atoms with van der Waals surface area (Å²) in [7, 11) is 0. The number of benzene rings is 3. The third kappa shape index (κ3) is 7.67. The van der Waals surface area contributed by atoms with Gasteiger partial charge in [-0.05, 0) is 0 Å². The van der Waals surface area contributed by atoms with E-state index < -0.39 is 0 Å². The molecule has 0 aliphatic rings. The smallest absolute Gasteiger partial charge is 0.281 e. The Labute approximate surface area is 173 Å². The maximum absolute atomic E-state index is 3.43. The maximum atomic E-state index is 3.43. The Balaban J connectivity index is 0. The van der Waals surface area contributed by atoms with E-state index in [1.165, 1.54) is 5.56 Å². The van der Waals surface area contributed by atoms with E-state index in [1.807, 2.05) is 70.2 Å². The summed E-state index contributed by atoms with van der Waals surface area (Å²) in [5.41, 5.74) is 4.35. The fraction of sp³-hybridized carbons (Fsp3) is 0.182. The van der Waals surface area contributed by atoms with E-state index in [0.717, 1.165) is 16.7 Å². The summed E-state index contributed by atoms with van der Waals surface area (Å²) in [6.45, 7) is 8.00. The van der Waals surface area contributed by atoms with Crippen LogP contribution < -0.4 is 0 Å². The van der Waals surface area contributed by atoms with Gasteiger partial charge in [0.1, 0.15) is 0 Å². The van der Waals surface area contributed by atoms with Crippen molar-refractivity contribution in [2.24, 2.45) is 0 Å². The van der Waals surface area contributed by atoms with Crippen LogP contribution in [0, 0.1) is 18.2 Å². The van der Waals surface area contributed by atoms with Gasteiger partial charge >= 0.3 is 18.6 Å². The zero-order chi connectivity index (χ0) is 16.2. The zero-order valence-corrected chi connectivity index (χ0v) is 19.0. The Kier molecular flexibility index (Phi) is 16.2. The quantitative estimate of drug-likeness (QED) is 0.339. The molecule has 3 rings (SSSR count). The zero-order valence-electron chi connectivity index (χ0n) is 14.7. The van der Waals surface area contributed by atoms with Crippen LogP contribution in [0.3, 0.4) is 0 Å². The third-order valence-electron chi connectivity index (χ3n) is 2.82. The topological polar surface area (TPSA) is 0 Å². The van der Waals surface area contributed by atoms with Crippen molar-refractivity contribution < 1.29 is 39.6 Å². The molecule has 0 unspecified atom stereocenters. The summed E-state index contributed by atoms with van der Waals surface area (Å²) in [5.74, 6) is 0. The van der Waals surface area contributed by atoms with Gasteiger partial charge in [0.05, 0.1) is 0 Å². The molecule has 3 aromatic carbocycles. The van der Waals surface area contributed by atoms with Crippen LogP contribution in [0.1, 0.15) is 27.7 Å². The van der Waals surface area contributed by atoms with Crippen molar-refractivity contribution in [3.8, 4) is 22.3 Å². The Bertz CT molecular complexity index is 582. The van der Waals surface area contributed by atoms with E-state index in [0.29, 0.717) is 0 Å². The van der Waals surface area contributed by atoms with E-state index in [9.17, 15) is 0 Å². The van der Waals surface area contributed by atoms with Gasteiger partial charge in [0.15, 0.2) is 0 Å². The molecule has 0 spiro atoms. The molecule has 0 aliphatic heterocycles. The van der Waals surface area contributed by atoms with Gasteiger partial charge in [0.25, 0.3) is 0 Å². The summed E-state index contributed by atoms with van der Waals surface area (Å²) in [5, 5.41) is 0. The van der Waals surface area contributed by atoms with Crippen molar-refractivity contribution >= 4 is 0 Å². The standard InChI is InChI=1S/C18H11.2C2H6.V.W/c1-3-8-15(9-4-1)17-12-7-13-18(14-17)16-10-5-2-6-11-16;2*1-2;;/h1-5,7-9,11-13H;2*1-2H3;;/q-3;;;+2;. The minimum Gasteiger partial charge on any atom is -0.281 e. The van der Waals surface area contributed by atoms with Crippen LogP contribution in [0.5, 0.6) is 0 Å².